The zero-order valence-corrected chi connectivity index (χ0v) is 13.7. The maximum Gasteiger partial charge on any atom is 0.171 e. The predicted molar refractivity (Wildman–Crippen MR) is 79.3 cm³/mol. The number of carbonyl (C=O) groups is 1. The minimum absolute atomic E-state index is 0.0218. The normalized spacial score (nSPS) is 26.9. The summed E-state index contributed by atoms with van der Waals surface area (Å²) in [6.45, 7) is 17.4. The van der Waals surface area contributed by atoms with Crippen molar-refractivity contribution in [3.05, 3.63) is 0 Å². The van der Waals surface area contributed by atoms with Crippen molar-refractivity contribution in [1.82, 2.24) is 4.90 Å². The molecule has 0 saturated carbocycles. The van der Waals surface area contributed by atoms with Crippen LogP contribution in [0.25, 0.3) is 0 Å². The minimum atomic E-state index is -0.635. The summed E-state index contributed by atoms with van der Waals surface area (Å²) in [6.07, 6.45) is 1.18. The number of rotatable bonds is 6. The van der Waals surface area contributed by atoms with Gasteiger partial charge in [-0.3, -0.25) is 4.79 Å². The van der Waals surface area contributed by atoms with Gasteiger partial charge in [-0.15, -0.1) is 0 Å². The molecule has 0 aromatic carbocycles. The molecule has 0 N–H and O–H groups in total. The van der Waals surface area contributed by atoms with Crippen LogP contribution in [0, 0.1) is 11.8 Å². The fourth-order valence-electron chi connectivity index (χ4n) is 2.98. The van der Waals surface area contributed by atoms with Crippen LogP contribution in [-0.4, -0.2) is 41.5 Å². The zero-order chi connectivity index (χ0) is 14.8. The highest BCUT2D eigenvalue weighted by atomic mass is 16.5. The molecule has 3 heteroatoms. The minimum Gasteiger partial charge on any atom is -0.361 e. The largest absolute Gasteiger partial charge is 0.361 e. The van der Waals surface area contributed by atoms with Crippen LogP contribution in [0.4, 0.5) is 0 Å². The van der Waals surface area contributed by atoms with E-state index in [1.807, 2.05) is 27.7 Å². The summed E-state index contributed by atoms with van der Waals surface area (Å²) >= 11 is 0. The molecule has 1 heterocycles. The molecule has 0 aliphatic carbocycles. The first-order chi connectivity index (χ1) is 8.64. The third-order valence-corrected chi connectivity index (χ3v) is 4.42. The standard InChI is InChI=1S/C16H31NO2/c1-8-12(3)10-17(9-2)11-13-14(18)16(6,7)19-15(13,4)5/h12-13H,8-11H2,1-7H3. The molecule has 1 fully saturated rings. The van der Waals surface area contributed by atoms with E-state index in [0.717, 1.165) is 19.6 Å². The highest BCUT2D eigenvalue weighted by Crippen LogP contribution is 2.39. The van der Waals surface area contributed by atoms with Crippen LogP contribution in [0.15, 0.2) is 0 Å². The van der Waals surface area contributed by atoms with Gasteiger partial charge in [-0.05, 0) is 40.2 Å². The monoisotopic (exact) mass is 269 g/mol. The van der Waals surface area contributed by atoms with Gasteiger partial charge in [-0.1, -0.05) is 27.2 Å². The van der Waals surface area contributed by atoms with E-state index in [0.29, 0.717) is 5.92 Å². The average Bonchev–Trinajstić information content (AvgIpc) is 2.45. The van der Waals surface area contributed by atoms with E-state index < -0.39 is 5.60 Å². The van der Waals surface area contributed by atoms with E-state index in [9.17, 15) is 4.79 Å². The van der Waals surface area contributed by atoms with Gasteiger partial charge in [0, 0.05) is 13.1 Å². The molecule has 112 valence electrons. The lowest BCUT2D eigenvalue weighted by Crippen LogP contribution is -2.42. The van der Waals surface area contributed by atoms with Crippen molar-refractivity contribution in [3.63, 3.8) is 0 Å². The van der Waals surface area contributed by atoms with E-state index in [1.165, 1.54) is 6.42 Å². The predicted octanol–water partition coefficient (Wildman–Crippen LogP) is 3.13. The van der Waals surface area contributed by atoms with Gasteiger partial charge in [0.1, 0.15) is 5.60 Å². The molecule has 0 aromatic rings. The van der Waals surface area contributed by atoms with Crippen molar-refractivity contribution < 1.29 is 9.53 Å². The van der Waals surface area contributed by atoms with E-state index in [1.54, 1.807) is 0 Å². The number of Topliss-reactive ketones (excluding diaryl/α,β-unsaturated/α-hetero) is 1. The molecular formula is C16H31NO2. The summed E-state index contributed by atoms with van der Waals surface area (Å²) in [4.78, 5) is 14.9. The number of ether oxygens (including phenoxy) is 1. The Hall–Kier alpha value is -0.410. The van der Waals surface area contributed by atoms with E-state index in [4.69, 9.17) is 4.74 Å². The highest BCUT2D eigenvalue weighted by molar-refractivity contribution is 5.91. The fourth-order valence-corrected chi connectivity index (χ4v) is 2.98. The first-order valence-electron chi connectivity index (χ1n) is 7.60. The maximum atomic E-state index is 12.5. The summed E-state index contributed by atoms with van der Waals surface area (Å²) in [7, 11) is 0. The summed E-state index contributed by atoms with van der Waals surface area (Å²) in [5.74, 6) is 0.903. The van der Waals surface area contributed by atoms with Gasteiger partial charge in [-0.25, -0.2) is 0 Å². The number of ketones is 1. The molecule has 19 heavy (non-hydrogen) atoms. The van der Waals surface area contributed by atoms with Gasteiger partial charge in [0.15, 0.2) is 5.78 Å². The quantitative estimate of drug-likeness (QED) is 0.742. The molecule has 0 bridgehead atoms. The molecule has 1 saturated heterocycles. The zero-order valence-electron chi connectivity index (χ0n) is 13.7. The molecule has 0 amide bonds. The Balaban J connectivity index is 2.76. The summed E-state index contributed by atoms with van der Waals surface area (Å²) < 4.78 is 5.96. The summed E-state index contributed by atoms with van der Waals surface area (Å²) in [5.41, 5.74) is -0.993. The van der Waals surface area contributed by atoms with Crippen LogP contribution in [0.1, 0.15) is 54.9 Å². The molecule has 0 spiro atoms. The molecule has 1 aliphatic rings. The van der Waals surface area contributed by atoms with Crippen molar-refractivity contribution in [2.24, 2.45) is 11.8 Å². The fraction of sp³-hybridized carbons (Fsp3) is 0.938. The van der Waals surface area contributed by atoms with E-state index in [2.05, 4.69) is 25.7 Å². The van der Waals surface area contributed by atoms with Crippen molar-refractivity contribution in [1.29, 1.82) is 0 Å². The van der Waals surface area contributed by atoms with Crippen LogP contribution in [0.2, 0.25) is 0 Å². The molecule has 0 aromatic heterocycles. The average molecular weight is 269 g/mol. The van der Waals surface area contributed by atoms with Gasteiger partial charge < -0.3 is 9.64 Å². The smallest absolute Gasteiger partial charge is 0.171 e. The molecule has 2 unspecified atom stereocenters. The second kappa shape index (κ2) is 5.92. The molecule has 1 aliphatic heterocycles. The number of carbonyl (C=O) groups excluding carboxylic acids is 1. The molecule has 1 rings (SSSR count). The lowest BCUT2D eigenvalue weighted by atomic mass is 9.85. The molecule has 0 radical (unpaired) electrons. The lowest BCUT2D eigenvalue weighted by molar-refractivity contribution is -0.132. The number of hydrogen-bond donors (Lipinski definition) is 0. The first kappa shape index (κ1) is 16.6. The Labute approximate surface area is 118 Å². The van der Waals surface area contributed by atoms with Crippen LogP contribution in [0.5, 0.6) is 0 Å². The second-order valence-electron chi connectivity index (χ2n) is 7.00. The Morgan fingerprint density at radius 2 is 1.84 bits per heavy atom. The van der Waals surface area contributed by atoms with Gasteiger partial charge >= 0.3 is 0 Å². The van der Waals surface area contributed by atoms with Gasteiger partial charge in [-0.2, -0.15) is 0 Å². The lowest BCUT2D eigenvalue weighted by Gasteiger charge is -2.31. The highest BCUT2D eigenvalue weighted by Gasteiger charge is 2.53. The van der Waals surface area contributed by atoms with Gasteiger partial charge in [0.05, 0.1) is 11.5 Å². The van der Waals surface area contributed by atoms with Crippen molar-refractivity contribution in [3.8, 4) is 0 Å². The SMILES string of the molecule is CCC(C)CN(CC)CC1C(=O)C(C)(C)OC1(C)C. The Kier molecular flexibility index (Phi) is 5.19. The van der Waals surface area contributed by atoms with Crippen molar-refractivity contribution in [2.45, 2.75) is 66.1 Å². The van der Waals surface area contributed by atoms with Crippen molar-refractivity contribution in [2.75, 3.05) is 19.6 Å². The van der Waals surface area contributed by atoms with Gasteiger partial charge in [0.2, 0.25) is 0 Å². The second-order valence-corrected chi connectivity index (χ2v) is 7.00. The van der Waals surface area contributed by atoms with Crippen molar-refractivity contribution >= 4 is 5.78 Å². The number of hydrogen-bond acceptors (Lipinski definition) is 3. The third-order valence-electron chi connectivity index (χ3n) is 4.42. The molecule has 3 nitrogen and oxygen atoms in total. The summed E-state index contributed by atoms with van der Waals surface area (Å²) in [6, 6.07) is 0. The Morgan fingerprint density at radius 1 is 1.26 bits per heavy atom. The van der Waals surface area contributed by atoms with Crippen LogP contribution in [-0.2, 0) is 9.53 Å². The van der Waals surface area contributed by atoms with E-state index in [-0.39, 0.29) is 17.3 Å². The third kappa shape index (κ3) is 3.79. The van der Waals surface area contributed by atoms with Crippen LogP contribution < -0.4 is 0 Å². The Bertz CT molecular complexity index is 323. The topological polar surface area (TPSA) is 29.5 Å². The van der Waals surface area contributed by atoms with E-state index >= 15 is 0 Å². The van der Waals surface area contributed by atoms with Crippen LogP contribution >= 0.6 is 0 Å². The first-order valence-corrected chi connectivity index (χ1v) is 7.60. The summed E-state index contributed by atoms with van der Waals surface area (Å²) in [5, 5.41) is 0. The number of nitrogens with zero attached hydrogens (tertiary/aromatic N) is 1. The maximum absolute atomic E-state index is 12.5. The van der Waals surface area contributed by atoms with Gasteiger partial charge in [0.25, 0.3) is 0 Å². The molecule has 2 atom stereocenters. The molecular weight excluding hydrogens is 238 g/mol. The Morgan fingerprint density at radius 3 is 2.21 bits per heavy atom. The van der Waals surface area contributed by atoms with Crippen LogP contribution in [0.3, 0.4) is 0 Å².